The van der Waals surface area contributed by atoms with Crippen LogP contribution in [-0.4, -0.2) is 37.8 Å². The van der Waals surface area contributed by atoms with E-state index in [-0.39, 0.29) is 17.3 Å². The molecule has 1 aliphatic heterocycles. The van der Waals surface area contributed by atoms with Crippen molar-refractivity contribution in [2.75, 3.05) is 13.1 Å². The van der Waals surface area contributed by atoms with Gasteiger partial charge >= 0.3 is 0 Å². The molecule has 0 aliphatic carbocycles. The largest absolute Gasteiger partial charge is 0.355 e. The molecule has 1 saturated heterocycles. The van der Waals surface area contributed by atoms with Crippen molar-refractivity contribution >= 4 is 33.6 Å². The topological polar surface area (TPSA) is 66.5 Å². The predicted octanol–water partition coefficient (Wildman–Crippen LogP) is 4.10. The highest BCUT2D eigenvalue weighted by Gasteiger charge is 2.36. The van der Waals surface area contributed by atoms with E-state index < -0.39 is 16.1 Å². The second kappa shape index (κ2) is 9.57. The van der Waals surface area contributed by atoms with Gasteiger partial charge in [0.15, 0.2) is 0 Å². The zero-order chi connectivity index (χ0) is 20.9. The van der Waals surface area contributed by atoms with Crippen molar-refractivity contribution in [3.63, 3.8) is 0 Å². The fourth-order valence-electron chi connectivity index (χ4n) is 3.43. The highest BCUT2D eigenvalue weighted by Crippen LogP contribution is 2.25. The molecule has 2 aromatic carbocycles. The average Bonchev–Trinajstić information content (AvgIpc) is 2.91. The molecule has 0 unspecified atom stereocenters. The van der Waals surface area contributed by atoms with Crippen molar-refractivity contribution in [3.8, 4) is 0 Å². The molecule has 154 valence electrons. The molecule has 1 atom stereocenters. The van der Waals surface area contributed by atoms with Crippen LogP contribution in [0.5, 0.6) is 0 Å². The van der Waals surface area contributed by atoms with E-state index in [1.165, 1.54) is 16.4 Å². The fraction of sp³-hybridized carbons (Fsp3) is 0.318. The number of carbonyl (C=O) groups is 1. The van der Waals surface area contributed by atoms with Crippen LogP contribution >= 0.6 is 11.6 Å². The third-order valence-corrected chi connectivity index (χ3v) is 7.01. The van der Waals surface area contributed by atoms with Crippen LogP contribution < -0.4 is 5.32 Å². The number of nitrogens with zero attached hydrogens (tertiary/aromatic N) is 1. The number of rotatable bonds is 6. The fourth-order valence-corrected chi connectivity index (χ4v) is 5.21. The lowest BCUT2D eigenvalue weighted by molar-refractivity contribution is -0.124. The second-order valence-corrected chi connectivity index (χ2v) is 9.54. The summed E-state index contributed by atoms with van der Waals surface area (Å²) in [7, 11) is -3.88. The van der Waals surface area contributed by atoms with E-state index in [0.717, 1.165) is 24.0 Å². The summed E-state index contributed by atoms with van der Waals surface area (Å²) < 4.78 is 28.3. The first-order chi connectivity index (χ1) is 13.9. The minimum atomic E-state index is -3.88. The van der Waals surface area contributed by atoms with Crippen molar-refractivity contribution in [3.05, 3.63) is 70.8 Å². The molecular weight excluding hydrogens is 408 g/mol. The smallest absolute Gasteiger partial charge is 0.244 e. The van der Waals surface area contributed by atoms with E-state index in [2.05, 4.69) is 5.32 Å². The molecule has 1 heterocycles. The predicted molar refractivity (Wildman–Crippen MR) is 116 cm³/mol. The van der Waals surface area contributed by atoms with Crippen LogP contribution in [0, 0.1) is 0 Å². The lowest BCUT2D eigenvalue weighted by Crippen LogP contribution is -2.49. The van der Waals surface area contributed by atoms with Gasteiger partial charge in [-0.05, 0) is 56.0 Å². The summed E-state index contributed by atoms with van der Waals surface area (Å²) in [6, 6.07) is 15.0. The Morgan fingerprint density at radius 3 is 2.52 bits per heavy atom. The van der Waals surface area contributed by atoms with Crippen LogP contribution in [0.1, 0.15) is 31.7 Å². The third kappa shape index (κ3) is 5.47. The number of hydrogen-bond acceptors (Lipinski definition) is 3. The number of hydrogen-bond donors (Lipinski definition) is 1. The standard InChI is InChI=1S/C22H25ClN2O3S/c1-17(15-18-7-3-2-4-8-18)16-25(21-9-5-6-14-24-22(21)26)29(27,28)20-12-10-19(23)11-13-20/h2-4,7-8,10-13,15,21H,5-6,9,14,16H2,1H3,(H,24,26)/b17-15+/t21-/m1/s1. The maximum Gasteiger partial charge on any atom is 0.244 e. The second-order valence-electron chi connectivity index (χ2n) is 7.21. The number of carbonyl (C=O) groups excluding carboxylic acids is 1. The van der Waals surface area contributed by atoms with Crippen LogP contribution in [0.15, 0.2) is 65.1 Å². The number of halogens is 1. The van der Waals surface area contributed by atoms with Crippen LogP contribution in [0.25, 0.3) is 6.08 Å². The minimum Gasteiger partial charge on any atom is -0.355 e. The Balaban J connectivity index is 1.98. The molecule has 2 aromatic rings. The highest BCUT2D eigenvalue weighted by molar-refractivity contribution is 7.89. The van der Waals surface area contributed by atoms with Gasteiger partial charge in [-0.1, -0.05) is 53.6 Å². The van der Waals surface area contributed by atoms with Crippen molar-refractivity contribution < 1.29 is 13.2 Å². The van der Waals surface area contributed by atoms with Crippen LogP contribution in [0.3, 0.4) is 0 Å². The van der Waals surface area contributed by atoms with Gasteiger partial charge in [-0.3, -0.25) is 4.79 Å². The zero-order valence-electron chi connectivity index (χ0n) is 16.3. The molecule has 7 heteroatoms. The lowest BCUT2D eigenvalue weighted by Gasteiger charge is -2.29. The number of sulfonamides is 1. The monoisotopic (exact) mass is 432 g/mol. The van der Waals surface area contributed by atoms with Crippen LogP contribution in [0.2, 0.25) is 5.02 Å². The van der Waals surface area contributed by atoms with Crippen LogP contribution in [-0.2, 0) is 14.8 Å². The Labute approximate surface area is 177 Å². The van der Waals surface area contributed by atoms with Gasteiger partial charge in [-0.25, -0.2) is 8.42 Å². The van der Waals surface area contributed by atoms with E-state index in [1.54, 1.807) is 12.1 Å². The zero-order valence-corrected chi connectivity index (χ0v) is 17.9. The SMILES string of the molecule is C/C(=C\c1ccccc1)CN([C@@H]1CCCCNC1=O)S(=O)(=O)c1ccc(Cl)cc1. The number of benzene rings is 2. The Morgan fingerprint density at radius 1 is 1.14 bits per heavy atom. The lowest BCUT2D eigenvalue weighted by atomic mass is 10.1. The summed E-state index contributed by atoms with van der Waals surface area (Å²) >= 11 is 5.93. The van der Waals surface area contributed by atoms with Gasteiger partial charge in [0.1, 0.15) is 6.04 Å². The summed E-state index contributed by atoms with van der Waals surface area (Å²) in [5.41, 5.74) is 1.84. The van der Waals surface area contributed by atoms with Gasteiger partial charge in [0.05, 0.1) is 4.90 Å². The van der Waals surface area contributed by atoms with E-state index in [9.17, 15) is 13.2 Å². The maximum absolute atomic E-state index is 13.5. The maximum atomic E-state index is 13.5. The van der Waals surface area contributed by atoms with Crippen molar-refractivity contribution in [2.24, 2.45) is 0 Å². The summed E-state index contributed by atoms with van der Waals surface area (Å²) in [6.45, 7) is 2.59. The Kier molecular flexibility index (Phi) is 7.11. The molecule has 0 saturated carbocycles. The average molecular weight is 433 g/mol. The first kappa shape index (κ1) is 21.6. The van der Waals surface area contributed by atoms with Gasteiger partial charge < -0.3 is 5.32 Å². The van der Waals surface area contributed by atoms with Gasteiger partial charge in [-0.15, -0.1) is 0 Å². The Morgan fingerprint density at radius 2 is 1.83 bits per heavy atom. The molecular formula is C22H25ClN2O3S. The van der Waals surface area contributed by atoms with E-state index >= 15 is 0 Å². The molecule has 1 amide bonds. The van der Waals surface area contributed by atoms with E-state index in [4.69, 9.17) is 11.6 Å². The number of nitrogens with one attached hydrogen (secondary N) is 1. The quantitative estimate of drug-likeness (QED) is 0.747. The Bertz CT molecular complexity index is 973. The van der Waals surface area contributed by atoms with Crippen LogP contribution in [0.4, 0.5) is 0 Å². The molecule has 29 heavy (non-hydrogen) atoms. The van der Waals surface area contributed by atoms with Gasteiger partial charge in [0, 0.05) is 18.1 Å². The molecule has 0 aromatic heterocycles. The summed E-state index contributed by atoms with van der Waals surface area (Å²) in [5.74, 6) is -0.243. The molecule has 0 radical (unpaired) electrons. The Hall–Kier alpha value is -2.15. The van der Waals surface area contributed by atoms with E-state index in [0.29, 0.717) is 18.0 Å². The van der Waals surface area contributed by atoms with Crippen molar-refractivity contribution in [1.82, 2.24) is 9.62 Å². The first-order valence-electron chi connectivity index (χ1n) is 9.65. The van der Waals surface area contributed by atoms with Crippen molar-refractivity contribution in [1.29, 1.82) is 0 Å². The molecule has 0 bridgehead atoms. The van der Waals surface area contributed by atoms with Crippen molar-refractivity contribution in [2.45, 2.75) is 37.1 Å². The molecule has 3 rings (SSSR count). The van der Waals surface area contributed by atoms with Gasteiger partial charge in [0.2, 0.25) is 15.9 Å². The molecule has 1 N–H and O–H groups in total. The van der Waals surface area contributed by atoms with Gasteiger partial charge in [0.25, 0.3) is 0 Å². The molecule has 1 fully saturated rings. The first-order valence-corrected chi connectivity index (χ1v) is 11.5. The normalized spacial score (nSPS) is 18.4. The summed E-state index contributed by atoms with van der Waals surface area (Å²) in [5, 5.41) is 3.31. The minimum absolute atomic E-state index is 0.131. The molecule has 5 nitrogen and oxygen atoms in total. The molecule has 0 spiro atoms. The summed E-state index contributed by atoms with van der Waals surface area (Å²) in [4.78, 5) is 12.8. The highest BCUT2D eigenvalue weighted by atomic mass is 35.5. The summed E-state index contributed by atoms with van der Waals surface area (Å²) in [6.07, 6.45) is 4.07. The number of amides is 1. The van der Waals surface area contributed by atoms with E-state index in [1.807, 2.05) is 43.3 Å². The third-order valence-electron chi connectivity index (χ3n) is 4.89. The van der Waals surface area contributed by atoms with Gasteiger partial charge in [-0.2, -0.15) is 4.31 Å². The molecule has 1 aliphatic rings.